The lowest BCUT2D eigenvalue weighted by atomic mass is 10.2. The summed E-state index contributed by atoms with van der Waals surface area (Å²) in [5.74, 6) is 0. The van der Waals surface area contributed by atoms with E-state index in [0.29, 0.717) is 6.54 Å². The van der Waals surface area contributed by atoms with Crippen LogP contribution in [0.5, 0.6) is 0 Å². The first-order valence-electron chi connectivity index (χ1n) is 4.82. The molecule has 0 unspecified atom stereocenters. The fraction of sp³-hybridized carbons (Fsp3) is 0.182. The lowest BCUT2D eigenvalue weighted by Gasteiger charge is -1.96. The van der Waals surface area contributed by atoms with Crippen LogP contribution in [0.4, 0.5) is 0 Å². The SMILES string of the molecule is Cc1ccc(-c2nc(CN=[N+]=[N-])cs2)cc1. The smallest absolute Gasteiger partial charge is 0.123 e. The second-order valence-electron chi connectivity index (χ2n) is 3.40. The van der Waals surface area contributed by atoms with Gasteiger partial charge in [0, 0.05) is 15.9 Å². The Hall–Kier alpha value is -1.84. The first-order chi connectivity index (χ1) is 7.79. The van der Waals surface area contributed by atoms with Gasteiger partial charge < -0.3 is 0 Å². The second kappa shape index (κ2) is 4.79. The van der Waals surface area contributed by atoms with E-state index in [-0.39, 0.29) is 0 Å². The van der Waals surface area contributed by atoms with E-state index in [0.717, 1.165) is 16.3 Å². The van der Waals surface area contributed by atoms with Crippen LogP contribution in [-0.4, -0.2) is 4.98 Å². The Labute approximate surface area is 97.2 Å². The van der Waals surface area contributed by atoms with Crippen LogP contribution in [-0.2, 0) is 6.54 Å². The topological polar surface area (TPSA) is 61.7 Å². The van der Waals surface area contributed by atoms with Gasteiger partial charge in [0.1, 0.15) is 5.01 Å². The Bertz CT molecular complexity index is 523. The molecule has 0 spiro atoms. The van der Waals surface area contributed by atoms with Gasteiger partial charge in [-0.25, -0.2) is 4.98 Å². The van der Waals surface area contributed by atoms with Crippen molar-refractivity contribution >= 4 is 11.3 Å². The van der Waals surface area contributed by atoms with Crippen LogP contribution in [0.1, 0.15) is 11.3 Å². The number of rotatable bonds is 3. The number of hydrogen-bond donors (Lipinski definition) is 0. The van der Waals surface area contributed by atoms with Gasteiger partial charge in [0.2, 0.25) is 0 Å². The number of azide groups is 1. The quantitative estimate of drug-likeness (QED) is 0.447. The number of nitrogens with zero attached hydrogens (tertiary/aromatic N) is 4. The molecule has 1 aromatic heterocycles. The number of aryl methyl sites for hydroxylation is 1. The highest BCUT2D eigenvalue weighted by Crippen LogP contribution is 2.24. The van der Waals surface area contributed by atoms with Gasteiger partial charge in [-0.15, -0.1) is 11.3 Å². The van der Waals surface area contributed by atoms with Crippen molar-refractivity contribution in [1.29, 1.82) is 0 Å². The van der Waals surface area contributed by atoms with E-state index >= 15 is 0 Å². The van der Waals surface area contributed by atoms with Crippen molar-refractivity contribution in [2.45, 2.75) is 13.5 Å². The van der Waals surface area contributed by atoms with Crippen molar-refractivity contribution < 1.29 is 0 Å². The zero-order valence-corrected chi connectivity index (χ0v) is 9.61. The zero-order valence-electron chi connectivity index (χ0n) is 8.79. The molecule has 2 aromatic rings. The molecule has 0 aliphatic carbocycles. The second-order valence-corrected chi connectivity index (χ2v) is 4.26. The average Bonchev–Trinajstić information content (AvgIpc) is 2.76. The average molecular weight is 230 g/mol. The van der Waals surface area contributed by atoms with Gasteiger partial charge in [0.05, 0.1) is 12.2 Å². The Kier molecular flexibility index (Phi) is 3.19. The first kappa shape index (κ1) is 10.7. The van der Waals surface area contributed by atoms with Gasteiger partial charge >= 0.3 is 0 Å². The molecule has 1 heterocycles. The van der Waals surface area contributed by atoms with Crippen molar-refractivity contribution in [3.63, 3.8) is 0 Å². The Morgan fingerprint density at radius 1 is 1.38 bits per heavy atom. The van der Waals surface area contributed by atoms with Gasteiger partial charge in [-0.1, -0.05) is 34.9 Å². The van der Waals surface area contributed by atoms with Crippen molar-refractivity contribution in [1.82, 2.24) is 4.98 Å². The molecule has 0 saturated heterocycles. The summed E-state index contributed by atoms with van der Waals surface area (Å²) in [5.41, 5.74) is 11.4. The highest BCUT2D eigenvalue weighted by Gasteiger charge is 2.03. The van der Waals surface area contributed by atoms with E-state index in [1.807, 2.05) is 17.5 Å². The summed E-state index contributed by atoms with van der Waals surface area (Å²) in [6.07, 6.45) is 0. The highest BCUT2D eigenvalue weighted by molar-refractivity contribution is 7.13. The summed E-state index contributed by atoms with van der Waals surface area (Å²) in [5, 5.41) is 6.37. The van der Waals surface area contributed by atoms with Crippen LogP contribution >= 0.6 is 11.3 Å². The van der Waals surface area contributed by atoms with Crippen molar-refractivity contribution in [3.05, 3.63) is 51.3 Å². The molecule has 0 amide bonds. The molecular formula is C11H10N4S. The van der Waals surface area contributed by atoms with Gasteiger partial charge in [-0.3, -0.25) is 0 Å². The van der Waals surface area contributed by atoms with Crippen LogP contribution < -0.4 is 0 Å². The maximum absolute atomic E-state index is 8.22. The van der Waals surface area contributed by atoms with Crippen molar-refractivity contribution in [3.8, 4) is 10.6 Å². The van der Waals surface area contributed by atoms with Gasteiger partial charge in [0.25, 0.3) is 0 Å². The van der Waals surface area contributed by atoms with Gasteiger partial charge in [0.15, 0.2) is 0 Å². The minimum Gasteiger partial charge on any atom is -0.241 e. The van der Waals surface area contributed by atoms with E-state index in [4.69, 9.17) is 5.53 Å². The maximum atomic E-state index is 8.22. The fourth-order valence-electron chi connectivity index (χ4n) is 1.31. The molecule has 16 heavy (non-hydrogen) atoms. The number of thiazole rings is 1. The third kappa shape index (κ3) is 2.39. The number of benzene rings is 1. The minimum atomic E-state index is 0.318. The molecule has 1 aromatic carbocycles. The molecule has 0 bridgehead atoms. The van der Waals surface area contributed by atoms with Crippen molar-refractivity contribution in [2.75, 3.05) is 0 Å². The lowest BCUT2D eigenvalue weighted by Crippen LogP contribution is -1.81. The number of hydrogen-bond acceptors (Lipinski definition) is 3. The molecule has 0 aliphatic rings. The summed E-state index contributed by atoms with van der Waals surface area (Å²) in [7, 11) is 0. The maximum Gasteiger partial charge on any atom is 0.123 e. The molecule has 0 atom stereocenters. The van der Waals surface area contributed by atoms with Gasteiger partial charge in [-0.2, -0.15) is 0 Å². The van der Waals surface area contributed by atoms with E-state index in [1.54, 1.807) is 11.3 Å². The first-order valence-corrected chi connectivity index (χ1v) is 5.70. The summed E-state index contributed by atoms with van der Waals surface area (Å²) in [4.78, 5) is 7.12. The molecule has 2 rings (SSSR count). The summed E-state index contributed by atoms with van der Waals surface area (Å²) in [6, 6.07) is 8.21. The minimum absolute atomic E-state index is 0.318. The highest BCUT2D eigenvalue weighted by atomic mass is 32.1. The van der Waals surface area contributed by atoms with Crippen LogP contribution in [0.15, 0.2) is 34.8 Å². The normalized spacial score (nSPS) is 9.81. The van der Waals surface area contributed by atoms with Crippen LogP contribution in [0.25, 0.3) is 21.0 Å². The van der Waals surface area contributed by atoms with Crippen LogP contribution in [0.3, 0.4) is 0 Å². The monoisotopic (exact) mass is 230 g/mol. The predicted molar refractivity (Wildman–Crippen MR) is 65.1 cm³/mol. The standard InChI is InChI=1S/C11H10N4S/c1-8-2-4-9(5-3-8)11-14-10(7-16-11)6-13-15-12/h2-5,7H,6H2,1H3. The third-order valence-corrected chi connectivity index (χ3v) is 3.09. The molecule has 0 N–H and O–H groups in total. The van der Waals surface area contributed by atoms with E-state index in [9.17, 15) is 0 Å². The third-order valence-electron chi connectivity index (χ3n) is 2.15. The lowest BCUT2D eigenvalue weighted by molar-refractivity contribution is 0.996. The number of aromatic nitrogens is 1. The molecule has 0 saturated carbocycles. The van der Waals surface area contributed by atoms with E-state index in [2.05, 4.69) is 34.1 Å². The Balaban J connectivity index is 2.24. The molecule has 4 nitrogen and oxygen atoms in total. The van der Waals surface area contributed by atoms with Crippen LogP contribution in [0.2, 0.25) is 0 Å². The Morgan fingerprint density at radius 3 is 2.81 bits per heavy atom. The fourth-order valence-corrected chi connectivity index (χ4v) is 2.13. The zero-order chi connectivity index (χ0) is 11.4. The Morgan fingerprint density at radius 2 is 2.12 bits per heavy atom. The predicted octanol–water partition coefficient (Wildman–Crippen LogP) is 3.93. The molecular weight excluding hydrogens is 220 g/mol. The van der Waals surface area contributed by atoms with E-state index in [1.165, 1.54) is 5.56 Å². The molecule has 0 aliphatic heterocycles. The molecule has 80 valence electrons. The van der Waals surface area contributed by atoms with Gasteiger partial charge in [-0.05, 0) is 12.5 Å². The molecule has 5 heteroatoms. The van der Waals surface area contributed by atoms with Crippen LogP contribution in [0, 0.1) is 6.92 Å². The van der Waals surface area contributed by atoms with Crippen molar-refractivity contribution in [2.24, 2.45) is 5.11 Å². The molecule has 0 radical (unpaired) electrons. The summed E-state index contributed by atoms with van der Waals surface area (Å²) >= 11 is 1.56. The summed E-state index contributed by atoms with van der Waals surface area (Å²) < 4.78 is 0. The largest absolute Gasteiger partial charge is 0.241 e. The summed E-state index contributed by atoms with van der Waals surface area (Å²) in [6.45, 7) is 2.37. The molecule has 0 fully saturated rings. The van der Waals surface area contributed by atoms with E-state index < -0.39 is 0 Å².